The summed E-state index contributed by atoms with van der Waals surface area (Å²) in [7, 11) is 0. The van der Waals surface area contributed by atoms with Gasteiger partial charge in [0.25, 0.3) is 0 Å². The Kier molecular flexibility index (Phi) is 4.88. The van der Waals surface area contributed by atoms with Gasteiger partial charge >= 0.3 is 0 Å². The van der Waals surface area contributed by atoms with Crippen molar-refractivity contribution in [2.75, 3.05) is 23.3 Å². The second kappa shape index (κ2) is 7.24. The highest BCUT2D eigenvalue weighted by atomic mass is 16.2. The fraction of sp³-hybridized carbons (Fsp3) is 0.333. The summed E-state index contributed by atoms with van der Waals surface area (Å²) < 4.78 is 0. The smallest absolute Gasteiger partial charge is 0.247 e. The standard InChI is InChI=1S/C18H22N4O/c19-17(14-7-3-1-4-8-14)18(23)21-16-10-9-15(13-20-16)22-11-5-2-6-12-22/h1,3-4,7-10,13,17H,2,5-6,11-12,19H2,(H,20,21,23). The van der Waals surface area contributed by atoms with Gasteiger partial charge in [-0.05, 0) is 37.0 Å². The van der Waals surface area contributed by atoms with Gasteiger partial charge in [-0.2, -0.15) is 0 Å². The summed E-state index contributed by atoms with van der Waals surface area (Å²) in [6.07, 6.45) is 5.57. The first-order valence-corrected chi connectivity index (χ1v) is 8.06. The molecule has 5 heteroatoms. The van der Waals surface area contributed by atoms with Gasteiger partial charge in [-0.1, -0.05) is 30.3 Å². The van der Waals surface area contributed by atoms with E-state index in [0.717, 1.165) is 24.3 Å². The zero-order valence-corrected chi connectivity index (χ0v) is 13.1. The van der Waals surface area contributed by atoms with E-state index in [9.17, 15) is 4.79 Å². The molecule has 3 rings (SSSR count). The predicted molar refractivity (Wildman–Crippen MR) is 92.3 cm³/mol. The molecule has 0 radical (unpaired) electrons. The molecule has 1 aliphatic heterocycles. The minimum absolute atomic E-state index is 0.255. The van der Waals surface area contributed by atoms with E-state index in [0.29, 0.717) is 5.82 Å². The number of piperidine rings is 1. The van der Waals surface area contributed by atoms with E-state index in [1.54, 1.807) is 0 Å². The number of pyridine rings is 1. The van der Waals surface area contributed by atoms with Crippen molar-refractivity contribution in [2.45, 2.75) is 25.3 Å². The average Bonchev–Trinajstić information content (AvgIpc) is 2.63. The van der Waals surface area contributed by atoms with Crippen LogP contribution in [0.25, 0.3) is 0 Å². The maximum absolute atomic E-state index is 12.2. The van der Waals surface area contributed by atoms with Gasteiger partial charge in [-0.25, -0.2) is 4.98 Å². The fourth-order valence-electron chi connectivity index (χ4n) is 2.81. The van der Waals surface area contributed by atoms with E-state index in [-0.39, 0.29) is 5.91 Å². The van der Waals surface area contributed by atoms with Crippen molar-refractivity contribution < 1.29 is 4.79 Å². The number of carbonyl (C=O) groups is 1. The normalized spacial score (nSPS) is 16.0. The number of anilines is 2. The van der Waals surface area contributed by atoms with Crippen LogP contribution in [0.15, 0.2) is 48.7 Å². The molecular formula is C18H22N4O. The zero-order valence-electron chi connectivity index (χ0n) is 13.1. The van der Waals surface area contributed by atoms with Crippen molar-refractivity contribution in [1.29, 1.82) is 0 Å². The Morgan fingerprint density at radius 2 is 1.83 bits per heavy atom. The Balaban J connectivity index is 1.62. The summed E-state index contributed by atoms with van der Waals surface area (Å²) in [5.74, 6) is 0.275. The minimum Gasteiger partial charge on any atom is -0.370 e. The lowest BCUT2D eigenvalue weighted by Crippen LogP contribution is -2.30. The molecule has 5 nitrogen and oxygen atoms in total. The van der Waals surface area contributed by atoms with Crippen molar-refractivity contribution in [3.63, 3.8) is 0 Å². The van der Waals surface area contributed by atoms with Gasteiger partial charge in [0.1, 0.15) is 11.9 Å². The fourth-order valence-corrected chi connectivity index (χ4v) is 2.81. The predicted octanol–water partition coefficient (Wildman–Crippen LogP) is 2.71. The number of rotatable bonds is 4. The molecule has 1 unspecified atom stereocenters. The largest absolute Gasteiger partial charge is 0.370 e. The molecule has 1 amide bonds. The molecule has 1 fully saturated rings. The second-order valence-electron chi connectivity index (χ2n) is 5.83. The van der Waals surface area contributed by atoms with Crippen LogP contribution in [-0.4, -0.2) is 24.0 Å². The maximum atomic E-state index is 12.2. The van der Waals surface area contributed by atoms with Crippen LogP contribution in [0.1, 0.15) is 30.9 Å². The number of hydrogen-bond acceptors (Lipinski definition) is 4. The molecule has 1 aromatic carbocycles. The molecule has 0 spiro atoms. The Bertz CT molecular complexity index is 636. The highest BCUT2D eigenvalue weighted by Crippen LogP contribution is 2.20. The van der Waals surface area contributed by atoms with E-state index in [4.69, 9.17) is 5.73 Å². The van der Waals surface area contributed by atoms with Crippen LogP contribution in [0.2, 0.25) is 0 Å². The number of nitrogens with zero attached hydrogens (tertiary/aromatic N) is 2. The molecule has 2 heterocycles. The molecule has 1 aromatic heterocycles. The highest BCUT2D eigenvalue weighted by molar-refractivity contribution is 5.94. The van der Waals surface area contributed by atoms with Crippen molar-refractivity contribution in [2.24, 2.45) is 5.73 Å². The molecule has 120 valence electrons. The molecule has 2 aromatic rings. The SMILES string of the molecule is NC(C(=O)Nc1ccc(N2CCCCC2)cn1)c1ccccc1. The number of aromatic nitrogens is 1. The second-order valence-corrected chi connectivity index (χ2v) is 5.83. The summed E-state index contributed by atoms with van der Waals surface area (Å²) >= 11 is 0. The number of nitrogens with one attached hydrogen (secondary N) is 1. The first-order chi connectivity index (χ1) is 11.2. The Morgan fingerprint density at radius 1 is 1.09 bits per heavy atom. The van der Waals surface area contributed by atoms with Gasteiger partial charge in [-0.15, -0.1) is 0 Å². The van der Waals surface area contributed by atoms with E-state index in [1.807, 2.05) is 48.7 Å². The number of benzene rings is 1. The third-order valence-corrected chi connectivity index (χ3v) is 4.16. The number of carbonyl (C=O) groups excluding carboxylic acids is 1. The van der Waals surface area contributed by atoms with Gasteiger partial charge in [-0.3, -0.25) is 4.79 Å². The summed E-state index contributed by atoms with van der Waals surface area (Å²) in [6, 6.07) is 12.5. The third kappa shape index (κ3) is 3.87. The summed E-state index contributed by atoms with van der Waals surface area (Å²) in [5, 5.41) is 2.78. The van der Waals surface area contributed by atoms with Crippen molar-refractivity contribution in [1.82, 2.24) is 4.98 Å². The molecule has 0 bridgehead atoms. The van der Waals surface area contributed by atoms with Gasteiger partial charge in [0.2, 0.25) is 5.91 Å². The van der Waals surface area contributed by atoms with Crippen LogP contribution < -0.4 is 16.0 Å². The molecule has 1 saturated heterocycles. The molecule has 23 heavy (non-hydrogen) atoms. The average molecular weight is 310 g/mol. The topological polar surface area (TPSA) is 71.2 Å². The first kappa shape index (κ1) is 15.5. The minimum atomic E-state index is -0.695. The summed E-state index contributed by atoms with van der Waals surface area (Å²) in [6.45, 7) is 2.15. The van der Waals surface area contributed by atoms with Crippen LogP contribution in [0.3, 0.4) is 0 Å². The Hall–Kier alpha value is -2.40. The summed E-state index contributed by atoms with van der Waals surface area (Å²) in [5.41, 5.74) is 7.88. The van der Waals surface area contributed by atoms with Crippen molar-refractivity contribution in [3.8, 4) is 0 Å². The molecule has 0 saturated carbocycles. The van der Waals surface area contributed by atoms with Crippen LogP contribution >= 0.6 is 0 Å². The first-order valence-electron chi connectivity index (χ1n) is 8.06. The maximum Gasteiger partial charge on any atom is 0.247 e. The van der Waals surface area contributed by atoms with Crippen molar-refractivity contribution >= 4 is 17.4 Å². The lowest BCUT2D eigenvalue weighted by molar-refractivity contribution is -0.117. The van der Waals surface area contributed by atoms with Gasteiger partial charge in [0.15, 0.2) is 0 Å². The number of hydrogen-bond donors (Lipinski definition) is 2. The monoisotopic (exact) mass is 310 g/mol. The molecule has 3 N–H and O–H groups in total. The van der Waals surface area contributed by atoms with Crippen LogP contribution in [0.5, 0.6) is 0 Å². The van der Waals surface area contributed by atoms with E-state index >= 15 is 0 Å². The highest BCUT2D eigenvalue weighted by Gasteiger charge is 2.16. The number of nitrogens with two attached hydrogens (primary N) is 1. The quantitative estimate of drug-likeness (QED) is 0.911. The van der Waals surface area contributed by atoms with E-state index < -0.39 is 6.04 Å². The third-order valence-electron chi connectivity index (χ3n) is 4.16. The van der Waals surface area contributed by atoms with E-state index in [2.05, 4.69) is 15.2 Å². The molecular weight excluding hydrogens is 288 g/mol. The summed E-state index contributed by atoms with van der Waals surface area (Å²) in [4.78, 5) is 18.9. The number of amides is 1. The van der Waals surface area contributed by atoms with Crippen molar-refractivity contribution in [3.05, 3.63) is 54.2 Å². The van der Waals surface area contributed by atoms with Crippen LogP contribution in [-0.2, 0) is 4.79 Å². The molecule has 0 aliphatic carbocycles. The van der Waals surface area contributed by atoms with Gasteiger partial charge < -0.3 is 16.0 Å². The lowest BCUT2D eigenvalue weighted by Gasteiger charge is -2.28. The lowest BCUT2D eigenvalue weighted by atomic mass is 10.1. The van der Waals surface area contributed by atoms with Gasteiger partial charge in [0, 0.05) is 13.1 Å². The Morgan fingerprint density at radius 3 is 2.48 bits per heavy atom. The van der Waals surface area contributed by atoms with E-state index in [1.165, 1.54) is 19.3 Å². The van der Waals surface area contributed by atoms with Crippen LogP contribution in [0.4, 0.5) is 11.5 Å². The zero-order chi connectivity index (χ0) is 16.1. The molecule has 1 atom stereocenters. The van der Waals surface area contributed by atoms with Gasteiger partial charge in [0.05, 0.1) is 11.9 Å². The van der Waals surface area contributed by atoms with Crippen LogP contribution in [0, 0.1) is 0 Å². The molecule has 1 aliphatic rings. The Labute approximate surface area is 136 Å².